The molecule has 0 saturated carbocycles. The van der Waals surface area contributed by atoms with Crippen LogP contribution in [0.25, 0.3) is 10.3 Å². The molecule has 2 saturated heterocycles. The molecular formula is C23H28N6O3S. The number of piperazine rings is 1. The number of aryl methyl sites for hydroxylation is 2. The first-order valence-corrected chi connectivity index (χ1v) is 12.2. The summed E-state index contributed by atoms with van der Waals surface area (Å²) in [5.74, 6) is -0.145. The highest BCUT2D eigenvalue weighted by Gasteiger charge is 2.23. The van der Waals surface area contributed by atoms with Crippen LogP contribution in [0.2, 0.25) is 0 Å². The maximum absolute atomic E-state index is 12.4. The van der Waals surface area contributed by atoms with E-state index in [4.69, 9.17) is 4.74 Å². The Balaban J connectivity index is 1.20. The van der Waals surface area contributed by atoms with Crippen molar-refractivity contribution >= 4 is 33.3 Å². The van der Waals surface area contributed by atoms with Crippen LogP contribution >= 0.6 is 11.3 Å². The number of carbonyl (C=O) groups excluding carboxylic acids is 1. The average molecular weight is 469 g/mol. The molecule has 5 heterocycles. The van der Waals surface area contributed by atoms with Gasteiger partial charge in [-0.3, -0.25) is 14.5 Å². The molecule has 3 aromatic rings. The van der Waals surface area contributed by atoms with Gasteiger partial charge < -0.3 is 19.9 Å². The first kappa shape index (κ1) is 22.0. The lowest BCUT2D eigenvalue weighted by Gasteiger charge is -2.36. The molecule has 3 aromatic heterocycles. The topological polar surface area (TPSA) is 103 Å². The summed E-state index contributed by atoms with van der Waals surface area (Å²) < 4.78 is 5.11. The Morgan fingerprint density at radius 2 is 2.03 bits per heavy atom. The summed E-state index contributed by atoms with van der Waals surface area (Å²) in [4.78, 5) is 43.3. The van der Waals surface area contributed by atoms with E-state index >= 15 is 0 Å². The van der Waals surface area contributed by atoms with Gasteiger partial charge in [-0.05, 0) is 31.5 Å². The van der Waals surface area contributed by atoms with Crippen LogP contribution in [0.15, 0.2) is 23.0 Å². The zero-order chi connectivity index (χ0) is 22.9. The predicted octanol–water partition coefficient (Wildman–Crippen LogP) is 1.70. The van der Waals surface area contributed by atoms with E-state index in [1.807, 2.05) is 26.0 Å². The van der Waals surface area contributed by atoms with Gasteiger partial charge in [0.15, 0.2) is 0 Å². The molecule has 10 heteroatoms. The van der Waals surface area contributed by atoms with Crippen molar-refractivity contribution in [2.24, 2.45) is 0 Å². The molecule has 0 aromatic carbocycles. The van der Waals surface area contributed by atoms with Gasteiger partial charge in [-0.15, -0.1) is 11.3 Å². The number of anilines is 1. The Kier molecular flexibility index (Phi) is 6.13. The number of amides is 1. The van der Waals surface area contributed by atoms with Gasteiger partial charge in [0.05, 0.1) is 36.2 Å². The quantitative estimate of drug-likeness (QED) is 0.568. The molecule has 0 aliphatic carbocycles. The smallest absolute Gasteiger partial charge is 0.270 e. The third-order valence-corrected chi connectivity index (χ3v) is 7.22. The molecule has 174 valence electrons. The molecule has 1 amide bonds. The van der Waals surface area contributed by atoms with Gasteiger partial charge in [-0.2, -0.15) is 0 Å². The number of aromatic nitrogens is 3. The number of hydrogen-bond donors (Lipinski definition) is 2. The molecule has 0 radical (unpaired) electrons. The third kappa shape index (κ3) is 4.64. The molecule has 5 rings (SSSR count). The molecular weight excluding hydrogens is 440 g/mol. The van der Waals surface area contributed by atoms with E-state index in [1.165, 1.54) is 4.88 Å². The summed E-state index contributed by atoms with van der Waals surface area (Å²) in [5, 5.41) is 2.94. The zero-order valence-corrected chi connectivity index (χ0v) is 19.7. The Labute approximate surface area is 195 Å². The highest BCUT2D eigenvalue weighted by Crippen LogP contribution is 2.25. The monoisotopic (exact) mass is 468 g/mol. The van der Waals surface area contributed by atoms with E-state index in [-0.39, 0.29) is 17.5 Å². The summed E-state index contributed by atoms with van der Waals surface area (Å²) in [6.07, 6.45) is 0.635. The number of H-pyrrole nitrogens is 1. The van der Waals surface area contributed by atoms with Crippen molar-refractivity contribution in [1.82, 2.24) is 25.2 Å². The highest BCUT2D eigenvalue weighted by atomic mass is 32.1. The Bertz CT molecular complexity index is 1230. The van der Waals surface area contributed by atoms with E-state index < -0.39 is 0 Å². The van der Waals surface area contributed by atoms with E-state index in [2.05, 4.69) is 30.1 Å². The number of fused-ring (bicyclic) bond motifs is 1. The summed E-state index contributed by atoms with van der Waals surface area (Å²) in [5.41, 5.74) is 3.72. The van der Waals surface area contributed by atoms with Crippen molar-refractivity contribution in [3.8, 4) is 0 Å². The first-order chi connectivity index (χ1) is 16.0. The van der Waals surface area contributed by atoms with Gasteiger partial charge in [0.2, 0.25) is 0 Å². The molecule has 2 N–H and O–H groups in total. The summed E-state index contributed by atoms with van der Waals surface area (Å²) >= 11 is 1.65. The standard InChI is InChI=1S/C23H28N6O3S/c1-3-17-21(30)26-19-10-16(33-23(19)27-17)11-28-6-8-29(9-7-28)20-5-4-18(24-14(20)2)22(31)25-15-12-32-13-15/h4-5,10,15H,3,6-9,11-13H2,1-2H3,(H,25,31)(H,26,30). The normalized spacial score (nSPS) is 17.3. The summed E-state index contributed by atoms with van der Waals surface area (Å²) in [6, 6.07) is 5.95. The van der Waals surface area contributed by atoms with Crippen molar-refractivity contribution in [1.29, 1.82) is 0 Å². The van der Waals surface area contributed by atoms with E-state index in [1.54, 1.807) is 17.4 Å². The molecule has 0 spiro atoms. The second-order valence-corrected chi connectivity index (χ2v) is 9.68. The first-order valence-electron chi connectivity index (χ1n) is 11.4. The minimum Gasteiger partial charge on any atom is -0.377 e. The van der Waals surface area contributed by atoms with E-state index in [0.29, 0.717) is 31.0 Å². The van der Waals surface area contributed by atoms with E-state index in [9.17, 15) is 9.59 Å². The lowest BCUT2D eigenvalue weighted by atomic mass is 10.2. The van der Waals surface area contributed by atoms with Gasteiger partial charge in [-0.1, -0.05) is 6.92 Å². The molecule has 2 aliphatic heterocycles. The minimum atomic E-state index is -0.145. The summed E-state index contributed by atoms with van der Waals surface area (Å²) in [6.45, 7) is 9.55. The van der Waals surface area contributed by atoms with Crippen LogP contribution in [0, 0.1) is 6.92 Å². The van der Waals surface area contributed by atoms with Crippen LogP contribution in [0.4, 0.5) is 5.69 Å². The van der Waals surface area contributed by atoms with Crippen molar-refractivity contribution in [2.45, 2.75) is 32.9 Å². The molecule has 0 unspecified atom stereocenters. The molecule has 0 atom stereocenters. The maximum Gasteiger partial charge on any atom is 0.270 e. The second kappa shape index (κ2) is 9.20. The zero-order valence-electron chi connectivity index (χ0n) is 18.9. The Morgan fingerprint density at radius 3 is 2.70 bits per heavy atom. The molecule has 0 bridgehead atoms. The van der Waals surface area contributed by atoms with Crippen molar-refractivity contribution in [3.05, 3.63) is 50.5 Å². The third-order valence-electron chi connectivity index (χ3n) is 6.20. The number of thiophene rings is 1. The average Bonchev–Trinajstić information content (AvgIpc) is 3.17. The van der Waals surface area contributed by atoms with Crippen LogP contribution < -0.4 is 15.8 Å². The predicted molar refractivity (Wildman–Crippen MR) is 128 cm³/mol. The lowest BCUT2D eigenvalue weighted by Crippen LogP contribution is -2.48. The lowest BCUT2D eigenvalue weighted by molar-refractivity contribution is -0.00355. The van der Waals surface area contributed by atoms with Crippen LogP contribution in [0.5, 0.6) is 0 Å². The van der Waals surface area contributed by atoms with Crippen LogP contribution in [-0.2, 0) is 17.7 Å². The number of carbonyl (C=O) groups is 1. The number of pyridine rings is 1. The fourth-order valence-electron chi connectivity index (χ4n) is 4.25. The number of nitrogens with zero attached hydrogens (tertiary/aromatic N) is 4. The van der Waals surface area contributed by atoms with Gasteiger partial charge in [0, 0.05) is 37.6 Å². The fraction of sp³-hybridized carbons (Fsp3) is 0.478. The van der Waals surface area contributed by atoms with Crippen molar-refractivity contribution in [2.75, 3.05) is 44.3 Å². The molecule has 2 aliphatic rings. The van der Waals surface area contributed by atoms with Gasteiger partial charge >= 0.3 is 0 Å². The maximum atomic E-state index is 12.4. The SMILES string of the molecule is CCc1nc2sc(CN3CCN(c4ccc(C(=O)NC5COC5)nc4C)CC3)cc2[nH]c1=O. The van der Waals surface area contributed by atoms with Gasteiger partial charge in [0.25, 0.3) is 11.5 Å². The highest BCUT2D eigenvalue weighted by molar-refractivity contribution is 7.18. The largest absolute Gasteiger partial charge is 0.377 e. The number of rotatable bonds is 6. The minimum absolute atomic E-state index is 0.0903. The number of ether oxygens (including phenoxy) is 1. The van der Waals surface area contributed by atoms with E-state index in [0.717, 1.165) is 54.5 Å². The number of aromatic amines is 1. The molecule has 9 nitrogen and oxygen atoms in total. The summed E-state index contributed by atoms with van der Waals surface area (Å²) in [7, 11) is 0. The Morgan fingerprint density at radius 1 is 1.24 bits per heavy atom. The Hall–Kier alpha value is -2.82. The van der Waals surface area contributed by atoms with Crippen LogP contribution in [0.1, 0.15) is 33.7 Å². The molecule has 33 heavy (non-hydrogen) atoms. The van der Waals surface area contributed by atoms with Crippen molar-refractivity contribution < 1.29 is 9.53 Å². The van der Waals surface area contributed by atoms with Crippen LogP contribution in [0.3, 0.4) is 0 Å². The van der Waals surface area contributed by atoms with Gasteiger partial charge in [-0.25, -0.2) is 9.97 Å². The fourth-order valence-corrected chi connectivity index (χ4v) is 5.30. The second-order valence-electron chi connectivity index (χ2n) is 8.57. The van der Waals surface area contributed by atoms with Crippen molar-refractivity contribution in [3.63, 3.8) is 0 Å². The number of nitrogens with one attached hydrogen (secondary N) is 2. The van der Waals surface area contributed by atoms with Crippen LogP contribution in [-0.4, -0.2) is 71.2 Å². The van der Waals surface area contributed by atoms with Gasteiger partial charge in [0.1, 0.15) is 16.2 Å². The molecule has 2 fully saturated rings. The number of hydrogen-bond acceptors (Lipinski definition) is 8.